The van der Waals surface area contributed by atoms with Crippen LogP contribution in [0.5, 0.6) is 0 Å². The summed E-state index contributed by atoms with van der Waals surface area (Å²) in [5, 5.41) is 0. The van der Waals surface area contributed by atoms with E-state index in [1.165, 1.54) is 13.2 Å². The first kappa shape index (κ1) is 21.1. The van der Waals surface area contributed by atoms with Gasteiger partial charge in [0.2, 0.25) is 0 Å². The van der Waals surface area contributed by atoms with Crippen LogP contribution in [0.15, 0.2) is 0 Å². The number of pyridine rings is 1. The first-order valence-corrected chi connectivity index (χ1v) is 8.15. The van der Waals surface area contributed by atoms with E-state index in [2.05, 4.69) is 14.5 Å². The second-order valence-electron chi connectivity index (χ2n) is 4.52. The van der Waals surface area contributed by atoms with Gasteiger partial charge in [0, 0.05) is 5.75 Å². The van der Waals surface area contributed by atoms with Gasteiger partial charge in [0.05, 0.1) is 24.8 Å². The molecule has 1 rings (SSSR count). The maximum Gasteiger partial charge on any atom is 0.434 e. The Bertz CT molecular complexity index is 664. The first-order valence-electron chi connectivity index (χ1n) is 6.76. The zero-order chi connectivity index (χ0) is 19.4. The van der Waals surface area contributed by atoms with Crippen LogP contribution in [0.1, 0.15) is 51.0 Å². The normalized spacial score (nSPS) is 11.6. The molecule has 0 aromatic carbocycles. The third-order valence-electron chi connectivity index (χ3n) is 2.96. The molecule has 0 unspecified atom stereocenters. The van der Waals surface area contributed by atoms with Crippen molar-refractivity contribution in [3.8, 4) is 0 Å². The number of carbonyl (C=O) groups is 2. The highest BCUT2D eigenvalue weighted by atomic mass is 32.2. The lowest BCUT2D eigenvalue weighted by molar-refractivity contribution is -0.142. The van der Waals surface area contributed by atoms with Crippen molar-refractivity contribution in [1.29, 1.82) is 0 Å². The molecule has 0 saturated heterocycles. The monoisotopic (exact) mass is 387 g/mol. The minimum Gasteiger partial charge on any atom is -0.465 e. The summed E-state index contributed by atoms with van der Waals surface area (Å²) >= 11 is 0.931. The van der Waals surface area contributed by atoms with E-state index in [1.807, 2.05) is 0 Å². The molecular weight excluding hydrogens is 373 g/mol. The molecule has 140 valence electrons. The first-order chi connectivity index (χ1) is 11.6. The molecule has 0 aliphatic carbocycles. The number of halogens is 5. The number of aromatic nitrogens is 1. The van der Waals surface area contributed by atoms with Gasteiger partial charge in [-0.25, -0.2) is 23.4 Å². The molecule has 1 aromatic heterocycles. The molecule has 0 bridgehead atoms. The number of ether oxygens (including phenoxy) is 2. The van der Waals surface area contributed by atoms with Crippen molar-refractivity contribution in [3.63, 3.8) is 0 Å². The van der Waals surface area contributed by atoms with E-state index >= 15 is 0 Å². The van der Waals surface area contributed by atoms with Crippen molar-refractivity contribution in [2.75, 3.05) is 20.0 Å². The Morgan fingerprint density at radius 2 is 1.80 bits per heavy atom. The lowest BCUT2D eigenvalue weighted by atomic mass is 9.98. The summed E-state index contributed by atoms with van der Waals surface area (Å²) in [6.45, 7) is 1.11. The zero-order valence-electron chi connectivity index (χ0n) is 13.4. The molecule has 25 heavy (non-hydrogen) atoms. The number of alkyl halides is 5. The highest BCUT2D eigenvalue weighted by Gasteiger charge is 2.43. The molecule has 0 saturated carbocycles. The van der Waals surface area contributed by atoms with Gasteiger partial charge in [0.1, 0.15) is 5.69 Å². The summed E-state index contributed by atoms with van der Waals surface area (Å²) in [5.41, 5.74) is -5.68. The number of nitrogens with zero attached hydrogens (tertiary/aromatic N) is 1. The van der Waals surface area contributed by atoms with E-state index in [0.717, 1.165) is 18.9 Å². The van der Waals surface area contributed by atoms with Crippen LogP contribution >= 0.6 is 11.8 Å². The van der Waals surface area contributed by atoms with Crippen LogP contribution in [-0.4, -0.2) is 36.9 Å². The maximum atomic E-state index is 13.3. The fourth-order valence-electron chi connectivity index (χ4n) is 2.06. The van der Waals surface area contributed by atoms with Gasteiger partial charge in [-0.1, -0.05) is 0 Å². The van der Waals surface area contributed by atoms with Crippen molar-refractivity contribution in [1.82, 2.24) is 4.98 Å². The molecule has 1 aromatic rings. The minimum absolute atomic E-state index is 0.251. The largest absolute Gasteiger partial charge is 0.465 e. The van der Waals surface area contributed by atoms with Crippen LogP contribution in [-0.2, 0) is 21.4 Å². The lowest BCUT2D eigenvalue weighted by Crippen LogP contribution is -2.25. The quantitative estimate of drug-likeness (QED) is 0.546. The average molecular weight is 387 g/mol. The molecule has 0 radical (unpaired) electrons. The summed E-state index contributed by atoms with van der Waals surface area (Å²) in [6.07, 6.45) is -7.22. The standard InChI is InChI=1S/C14H14F5NO4S/c1-4-24-13(22)8-6(5-25-3)7(12(21)23-2)9(11(15)16)20-10(8)14(17,18)19/h11H,4-5H2,1-3H3. The van der Waals surface area contributed by atoms with Crippen LogP contribution in [0, 0.1) is 0 Å². The van der Waals surface area contributed by atoms with Gasteiger partial charge in [0.15, 0.2) is 5.69 Å². The summed E-state index contributed by atoms with van der Waals surface area (Å²) < 4.78 is 75.3. The molecule has 5 nitrogen and oxygen atoms in total. The maximum absolute atomic E-state index is 13.3. The van der Waals surface area contributed by atoms with Crippen LogP contribution in [0.25, 0.3) is 0 Å². The number of carbonyl (C=O) groups excluding carboxylic acids is 2. The number of hydrogen-bond acceptors (Lipinski definition) is 6. The predicted octanol–water partition coefficient (Wildman–Crippen LogP) is 3.86. The third kappa shape index (κ3) is 4.59. The van der Waals surface area contributed by atoms with E-state index in [4.69, 9.17) is 0 Å². The van der Waals surface area contributed by atoms with Gasteiger partial charge in [0.25, 0.3) is 6.43 Å². The van der Waals surface area contributed by atoms with Crippen LogP contribution < -0.4 is 0 Å². The second-order valence-corrected chi connectivity index (χ2v) is 5.38. The van der Waals surface area contributed by atoms with Crippen molar-refractivity contribution in [2.24, 2.45) is 0 Å². The Morgan fingerprint density at radius 1 is 1.20 bits per heavy atom. The topological polar surface area (TPSA) is 65.5 Å². The molecule has 11 heteroatoms. The van der Waals surface area contributed by atoms with E-state index in [-0.39, 0.29) is 12.4 Å². The summed E-state index contributed by atoms with van der Waals surface area (Å²) in [5.74, 6) is -3.05. The van der Waals surface area contributed by atoms with Crippen molar-refractivity contribution >= 4 is 23.7 Å². The van der Waals surface area contributed by atoms with E-state index in [0.29, 0.717) is 0 Å². The number of thioether (sulfide) groups is 1. The third-order valence-corrected chi connectivity index (χ3v) is 3.54. The molecular formula is C14H14F5NO4S. The number of esters is 2. The number of hydrogen-bond donors (Lipinski definition) is 0. The van der Waals surface area contributed by atoms with Gasteiger partial charge in [-0.05, 0) is 18.7 Å². The van der Waals surface area contributed by atoms with Gasteiger partial charge in [-0.2, -0.15) is 24.9 Å². The number of methoxy groups -OCH3 is 1. The van der Waals surface area contributed by atoms with E-state index in [1.54, 1.807) is 0 Å². The van der Waals surface area contributed by atoms with Crippen LogP contribution in [0.2, 0.25) is 0 Å². The molecule has 0 spiro atoms. The van der Waals surface area contributed by atoms with Gasteiger partial charge >= 0.3 is 18.1 Å². The lowest BCUT2D eigenvalue weighted by Gasteiger charge is -2.20. The molecule has 1 heterocycles. The van der Waals surface area contributed by atoms with E-state index in [9.17, 15) is 31.5 Å². The summed E-state index contributed by atoms with van der Waals surface area (Å²) in [6, 6.07) is 0. The highest BCUT2D eigenvalue weighted by molar-refractivity contribution is 7.97. The summed E-state index contributed by atoms with van der Waals surface area (Å²) in [4.78, 5) is 26.8. The molecule has 0 aliphatic rings. The Morgan fingerprint density at radius 3 is 2.20 bits per heavy atom. The highest BCUT2D eigenvalue weighted by Crippen LogP contribution is 2.38. The van der Waals surface area contributed by atoms with Crippen LogP contribution in [0.3, 0.4) is 0 Å². The second kappa shape index (κ2) is 8.45. The number of rotatable bonds is 6. The molecule has 0 amide bonds. The SMILES string of the molecule is CCOC(=O)c1c(C(F)(F)F)nc(C(F)F)c(C(=O)OC)c1CSC. The predicted molar refractivity (Wildman–Crippen MR) is 78.7 cm³/mol. The molecule has 0 aliphatic heterocycles. The Kier molecular flexibility index (Phi) is 7.15. The Hall–Kier alpha value is -1.91. The smallest absolute Gasteiger partial charge is 0.434 e. The van der Waals surface area contributed by atoms with Gasteiger partial charge in [-0.15, -0.1) is 0 Å². The van der Waals surface area contributed by atoms with E-state index < -0.39 is 52.6 Å². The Labute approximate surface area is 143 Å². The van der Waals surface area contributed by atoms with Crippen LogP contribution in [0.4, 0.5) is 22.0 Å². The fourth-order valence-corrected chi connectivity index (χ4v) is 2.64. The fraction of sp³-hybridized carbons (Fsp3) is 0.500. The van der Waals surface area contributed by atoms with Crippen molar-refractivity contribution in [2.45, 2.75) is 25.3 Å². The average Bonchev–Trinajstić information content (AvgIpc) is 2.52. The molecule has 0 fully saturated rings. The molecule has 0 atom stereocenters. The Balaban J connectivity index is 3.98. The molecule has 0 N–H and O–H groups in total. The minimum atomic E-state index is -5.20. The van der Waals surface area contributed by atoms with Crippen molar-refractivity contribution < 1.29 is 41.0 Å². The van der Waals surface area contributed by atoms with Gasteiger partial charge in [-0.3, -0.25) is 0 Å². The summed E-state index contributed by atoms with van der Waals surface area (Å²) in [7, 11) is 0.877. The van der Waals surface area contributed by atoms with Crippen molar-refractivity contribution in [3.05, 3.63) is 28.1 Å². The zero-order valence-corrected chi connectivity index (χ0v) is 14.2. The van der Waals surface area contributed by atoms with Gasteiger partial charge < -0.3 is 9.47 Å².